The van der Waals surface area contributed by atoms with Crippen molar-refractivity contribution in [2.45, 2.75) is 44.7 Å². The van der Waals surface area contributed by atoms with Crippen LogP contribution in [0.5, 0.6) is 5.75 Å². The van der Waals surface area contributed by atoms with Gasteiger partial charge in [0.2, 0.25) is 0 Å². The summed E-state index contributed by atoms with van der Waals surface area (Å²) in [6.07, 6.45) is 4.86. The minimum atomic E-state index is 0.111. The lowest BCUT2D eigenvalue weighted by atomic mass is 9.76. The van der Waals surface area contributed by atoms with Crippen molar-refractivity contribution in [3.05, 3.63) is 28.8 Å². The van der Waals surface area contributed by atoms with Crippen molar-refractivity contribution in [2.24, 2.45) is 11.7 Å². The Morgan fingerprint density at radius 1 is 1.38 bits per heavy atom. The van der Waals surface area contributed by atoms with Crippen LogP contribution in [0, 0.1) is 5.92 Å². The quantitative estimate of drug-likeness (QED) is 0.901. The fourth-order valence-corrected chi connectivity index (χ4v) is 3.53. The molecule has 0 unspecified atom stereocenters. The molecule has 2 N–H and O–H groups in total. The molecule has 1 aromatic rings. The zero-order valence-electron chi connectivity index (χ0n) is 13.4. The molecule has 1 aliphatic rings. The van der Waals surface area contributed by atoms with Gasteiger partial charge in [-0.25, -0.2) is 0 Å². The molecule has 0 spiro atoms. The van der Waals surface area contributed by atoms with E-state index in [0.29, 0.717) is 6.54 Å². The van der Waals surface area contributed by atoms with E-state index in [9.17, 15) is 0 Å². The molecular weight excluding hydrogens is 284 g/mol. The van der Waals surface area contributed by atoms with Gasteiger partial charge in [0, 0.05) is 29.2 Å². The minimum Gasteiger partial charge on any atom is -0.496 e. The minimum absolute atomic E-state index is 0.111. The topological polar surface area (TPSA) is 38.5 Å². The number of hydrogen-bond acceptors (Lipinski definition) is 3. The second-order valence-corrected chi connectivity index (χ2v) is 6.86. The highest BCUT2D eigenvalue weighted by molar-refractivity contribution is 6.30. The van der Waals surface area contributed by atoms with Crippen molar-refractivity contribution in [2.75, 3.05) is 20.7 Å². The van der Waals surface area contributed by atoms with Gasteiger partial charge < -0.3 is 10.5 Å². The van der Waals surface area contributed by atoms with E-state index in [1.165, 1.54) is 25.7 Å². The molecule has 1 fully saturated rings. The van der Waals surface area contributed by atoms with E-state index in [0.717, 1.165) is 28.8 Å². The third-order valence-corrected chi connectivity index (χ3v) is 5.28. The largest absolute Gasteiger partial charge is 0.496 e. The lowest BCUT2D eigenvalue weighted by molar-refractivity contribution is 0.0610. The molecule has 0 amide bonds. The summed E-state index contributed by atoms with van der Waals surface area (Å²) < 4.78 is 5.46. The highest BCUT2D eigenvalue weighted by atomic mass is 35.5. The fraction of sp³-hybridized carbons (Fsp3) is 0.647. The Kier molecular flexibility index (Phi) is 5.53. The first-order valence-corrected chi connectivity index (χ1v) is 8.12. The van der Waals surface area contributed by atoms with Gasteiger partial charge in [0.25, 0.3) is 0 Å². The van der Waals surface area contributed by atoms with Gasteiger partial charge in [0.1, 0.15) is 5.75 Å². The molecule has 0 saturated heterocycles. The zero-order chi connectivity index (χ0) is 15.5. The highest BCUT2D eigenvalue weighted by Crippen LogP contribution is 2.36. The van der Waals surface area contributed by atoms with Gasteiger partial charge >= 0.3 is 0 Å². The smallest absolute Gasteiger partial charge is 0.123 e. The van der Waals surface area contributed by atoms with Crippen molar-refractivity contribution < 1.29 is 4.74 Å². The summed E-state index contributed by atoms with van der Waals surface area (Å²) in [5.74, 6) is 1.71. The maximum absolute atomic E-state index is 6.14. The number of ether oxygens (including phenoxy) is 1. The van der Waals surface area contributed by atoms with Gasteiger partial charge in [0.05, 0.1) is 7.11 Å². The summed E-state index contributed by atoms with van der Waals surface area (Å²) in [5, 5.41) is 0.748. The summed E-state index contributed by atoms with van der Waals surface area (Å²) in [6, 6.07) is 5.79. The number of halogens is 1. The van der Waals surface area contributed by atoms with Gasteiger partial charge in [0.15, 0.2) is 0 Å². The SMILES string of the molecule is COc1ccc(Cl)cc1CN(C)C1(CN)CCC(C)CC1. The summed E-state index contributed by atoms with van der Waals surface area (Å²) in [7, 11) is 3.87. The van der Waals surface area contributed by atoms with Crippen LogP contribution in [0.4, 0.5) is 0 Å². The van der Waals surface area contributed by atoms with E-state index in [4.69, 9.17) is 22.1 Å². The van der Waals surface area contributed by atoms with Gasteiger partial charge in [-0.1, -0.05) is 18.5 Å². The van der Waals surface area contributed by atoms with Crippen molar-refractivity contribution in [1.29, 1.82) is 0 Å². The Balaban J connectivity index is 2.16. The van der Waals surface area contributed by atoms with Crippen molar-refractivity contribution in [1.82, 2.24) is 4.90 Å². The highest BCUT2D eigenvalue weighted by Gasteiger charge is 2.36. The molecule has 0 radical (unpaired) electrons. The van der Waals surface area contributed by atoms with Crippen LogP contribution in [0.3, 0.4) is 0 Å². The normalized spacial score (nSPS) is 26.1. The summed E-state index contributed by atoms with van der Waals surface area (Å²) >= 11 is 6.13. The predicted octanol–water partition coefficient (Wildman–Crippen LogP) is 3.69. The first-order chi connectivity index (χ1) is 10.0. The molecule has 2 rings (SSSR count). The van der Waals surface area contributed by atoms with Gasteiger partial charge in [-0.15, -0.1) is 0 Å². The van der Waals surface area contributed by atoms with E-state index < -0.39 is 0 Å². The number of hydrogen-bond donors (Lipinski definition) is 1. The number of nitrogens with two attached hydrogens (primary N) is 1. The van der Waals surface area contributed by atoms with Crippen LogP contribution < -0.4 is 10.5 Å². The van der Waals surface area contributed by atoms with Crippen LogP contribution in [0.15, 0.2) is 18.2 Å². The van der Waals surface area contributed by atoms with Crippen LogP contribution >= 0.6 is 11.6 Å². The summed E-state index contributed by atoms with van der Waals surface area (Å²) in [4.78, 5) is 2.40. The van der Waals surface area contributed by atoms with Gasteiger partial charge in [-0.2, -0.15) is 0 Å². The first-order valence-electron chi connectivity index (χ1n) is 7.74. The predicted molar refractivity (Wildman–Crippen MR) is 88.9 cm³/mol. The second-order valence-electron chi connectivity index (χ2n) is 6.42. The van der Waals surface area contributed by atoms with Crippen LogP contribution in [0.1, 0.15) is 38.2 Å². The Bertz CT molecular complexity index is 470. The number of benzene rings is 1. The average Bonchev–Trinajstić information content (AvgIpc) is 2.48. The number of nitrogens with zero attached hydrogens (tertiary/aromatic N) is 1. The van der Waals surface area contributed by atoms with E-state index in [-0.39, 0.29) is 5.54 Å². The first kappa shape index (κ1) is 16.6. The zero-order valence-corrected chi connectivity index (χ0v) is 14.1. The van der Waals surface area contributed by atoms with E-state index >= 15 is 0 Å². The molecule has 0 atom stereocenters. The van der Waals surface area contributed by atoms with E-state index in [2.05, 4.69) is 18.9 Å². The fourth-order valence-electron chi connectivity index (χ4n) is 3.34. The maximum Gasteiger partial charge on any atom is 0.123 e. The molecule has 0 aromatic heterocycles. The third-order valence-electron chi connectivity index (χ3n) is 5.04. The average molecular weight is 311 g/mol. The molecule has 1 saturated carbocycles. The molecule has 21 heavy (non-hydrogen) atoms. The van der Waals surface area contributed by atoms with Gasteiger partial charge in [-0.3, -0.25) is 4.90 Å². The Labute approximate surface area is 133 Å². The van der Waals surface area contributed by atoms with Crippen molar-refractivity contribution >= 4 is 11.6 Å². The molecule has 3 nitrogen and oxygen atoms in total. The molecule has 0 bridgehead atoms. The molecular formula is C17H27ClN2O. The number of rotatable bonds is 5. The second kappa shape index (κ2) is 6.99. The Morgan fingerprint density at radius 3 is 2.62 bits per heavy atom. The van der Waals surface area contributed by atoms with Crippen molar-refractivity contribution in [3.8, 4) is 5.75 Å². The van der Waals surface area contributed by atoms with Crippen LogP contribution in [-0.2, 0) is 6.54 Å². The Hall–Kier alpha value is -0.770. The molecule has 1 aliphatic carbocycles. The van der Waals surface area contributed by atoms with Crippen LogP contribution in [0.2, 0.25) is 5.02 Å². The molecule has 1 aromatic carbocycles. The Morgan fingerprint density at radius 2 is 2.05 bits per heavy atom. The number of methoxy groups -OCH3 is 1. The third kappa shape index (κ3) is 3.71. The van der Waals surface area contributed by atoms with Gasteiger partial charge in [-0.05, 0) is 56.8 Å². The van der Waals surface area contributed by atoms with Crippen LogP contribution in [-0.4, -0.2) is 31.1 Å². The summed E-state index contributed by atoms with van der Waals surface area (Å²) in [6.45, 7) is 3.86. The molecule has 118 valence electrons. The standard InChI is InChI=1S/C17H27ClN2O/c1-13-6-8-17(12-19,9-7-13)20(2)11-14-10-15(18)4-5-16(14)21-3/h4-5,10,13H,6-9,11-12,19H2,1-3H3. The summed E-state index contributed by atoms with van der Waals surface area (Å²) in [5.41, 5.74) is 7.37. The van der Waals surface area contributed by atoms with Crippen molar-refractivity contribution in [3.63, 3.8) is 0 Å². The van der Waals surface area contributed by atoms with E-state index in [1.54, 1.807) is 7.11 Å². The molecule has 0 heterocycles. The molecule has 0 aliphatic heterocycles. The lowest BCUT2D eigenvalue weighted by Crippen LogP contribution is -2.53. The lowest BCUT2D eigenvalue weighted by Gasteiger charge is -2.45. The van der Waals surface area contributed by atoms with Crippen LogP contribution in [0.25, 0.3) is 0 Å². The van der Waals surface area contributed by atoms with E-state index in [1.807, 2.05) is 18.2 Å². The number of likely N-dealkylation sites (N-methyl/N-ethyl adjacent to an activating group) is 1. The monoisotopic (exact) mass is 310 g/mol. The maximum atomic E-state index is 6.14. The molecule has 4 heteroatoms.